The fraction of sp³-hybridized carbons (Fsp3) is 0.415. The van der Waals surface area contributed by atoms with Crippen molar-refractivity contribution in [1.29, 1.82) is 0 Å². The first-order valence-corrected chi connectivity index (χ1v) is 18.0. The molecular weight excluding hydrogens is 646 g/mol. The lowest BCUT2D eigenvalue weighted by atomic mass is 9.77. The number of cyclic esters (lactones) is 1. The molecule has 3 aromatic carbocycles. The molecule has 3 amide bonds. The molecule has 266 valence electrons. The molecule has 0 saturated carbocycles. The molecule has 10 heteroatoms. The Morgan fingerprint density at radius 1 is 0.882 bits per heavy atom. The van der Waals surface area contributed by atoms with Crippen molar-refractivity contribution in [2.75, 3.05) is 31.6 Å². The lowest BCUT2D eigenvalue weighted by Gasteiger charge is -2.35. The van der Waals surface area contributed by atoms with Gasteiger partial charge in [-0.15, -0.1) is 0 Å². The molecule has 0 bridgehead atoms. The molecule has 7 atom stereocenters. The van der Waals surface area contributed by atoms with Crippen LogP contribution in [-0.2, 0) is 28.7 Å². The van der Waals surface area contributed by atoms with Gasteiger partial charge in [-0.25, -0.2) is 0 Å². The van der Waals surface area contributed by atoms with Gasteiger partial charge in [-0.3, -0.25) is 19.2 Å². The molecule has 0 radical (unpaired) electrons. The Balaban J connectivity index is 1.30. The number of rotatable bonds is 7. The molecule has 1 N–H and O–H groups in total. The number of anilines is 1. The third-order valence-electron chi connectivity index (χ3n) is 11.0. The summed E-state index contributed by atoms with van der Waals surface area (Å²) < 4.78 is 13.2. The van der Waals surface area contributed by atoms with Gasteiger partial charge in [0.25, 0.3) is 5.91 Å². The molecule has 10 nitrogen and oxygen atoms in total. The van der Waals surface area contributed by atoms with E-state index in [0.717, 1.165) is 16.3 Å². The molecule has 51 heavy (non-hydrogen) atoms. The van der Waals surface area contributed by atoms with Crippen molar-refractivity contribution in [2.24, 2.45) is 11.8 Å². The van der Waals surface area contributed by atoms with Crippen LogP contribution >= 0.6 is 0 Å². The van der Waals surface area contributed by atoms with Gasteiger partial charge in [-0.1, -0.05) is 85.0 Å². The number of nitrogens with zero attached hydrogens (tertiary/aromatic N) is 3. The molecule has 7 rings (SSSR count). The molecule has 4 aliphatic heterocycles. The maximum atomic E-state index is 14.9. The van der Waals surface area contributed by atoms with E-state index in [2.05, 4.69) is 0 Å². The van der Waals surface area contributed by atoms with E-state index in [-0.39, 0.29) is 43.8 Å². The maximum Gasteiger partial charge on any atom is 0.313 e. The number of aliphatic hydroxyl groups excluding tert-OH is 1. The van der Waals surface area contributed by atoms with E-state index in [0.29, 0.717) is 31.4 Å². The highest BCUT2D eigenvalue weighted by Gasteiger charge is 2.71. The molecule has 3 aromatic rings. The highest BCUT2D eigenvalue weighted by atomic mass is 16.6. The number of amides is 3. The van der Waals surface area contributed by atoms with Crippen LogP contribution in [0.3, 0.4) is 0 Å². The highest BCUT2D eigenvalue weighted by molar-refractivity contribution is 6.06. The van der Waals surface area contributed by atoms with Gasteiger partial charge in [0, 0.05) is 38.9 Å². The van der Waals surface area contributed by atoms with Crippen molar-refractivity contribution in [3.8, 4) is 0 Å². The molecule has 4 heterocycles. The van der Waals surface area contributed by atoms with Gasteiger partial charge in [0.2, 0.25) is 11.8 Å². The Bertz CT molecular complexity index is 1860. The number of unbranched alkanes of at least 4 members (excludes halogenated alkanes) is 2. The second-order valence-electron chi connectivity index (χ2n) is 14.0. The number of carbonyl (C=O) groups excluding carboxylic acids is 4. The number of esters is 1. The van der Waals surface area contributed by atoms with Crippen molar-refractivity contribution < 1.29 is 33.8 Å². The predicted octanol–water partition coefficient (Wildman–Crippen LogP) is 4.97. The Morgan fingerprint density at radius 3 is 2.43 bits per heavy atom. The highest BCUT2D eigenvalue weighted by Crippen LogP contribution is 2.53. The van der Waals surface area contributed by atoms with Crippen LogP contribution in [0.15, 0.2) is 97.1 Å². The fourth-order valence-electron chi connectivity index (χ4n) is 8.28. The van der Waals surface area contributed by atoms with Crippen LogP contribution < -0.4 is 4.90 Å². The van der Waals surface area contributed by atoms with E-state index in [4.69, 9.17) is 9.47 Å². The van der Waals surface area contributed by atoms with Gasteiger partial charge in [-0.05, 0) is 61.1 Å². The minimum absolute atomic E-state index is 0.0359. The molecule has 4 aliphatic rings. The number of likely N-dealkylation sites (tertiary alicyclic amines) is 1. The van der Waals surface area contributed by atoms with Gasteiger partial charge in [0.15, 0.2) is 0 Å². The molecule has 2 fully saturated rings. The minimum Gasteiger partial charge on any atom is -0.455 e. The third-order valence-corrected chi connectivity index (χ3v) is 11.0. The SMILES string of the molecule is C[C@H]1[C@H](c2ccccc2)OC(=O)[C@@H]2[C@H](/C=C\CCC(=O)N1C)O[C@@]13C=CCN(c4ccc5ccccc5c4)C(=O)[C@@H]1N(CCCCCO)C(=O)[C@@H]23. The fourth-order valence-corrected chi connectivity index (χ4v) is 8.28. The van der Waals surface area contributed by atoms with Crippen LogP contribution in [0.1, 0.15) is 50.7 Å². The Labute approximate surface area is 298 Å². The quantitative estimate of drug-likeness (QED) is 0.211. The molecule has 0 unspecified atom stereocenters. The first kappa shape index (κ1) is 34.6. The Kier molecular flexibility index (Phi) is 9.81. The number of allylic oxidation sites excluding steroid dienone is 1. The van der Waals surface area contributed by atoms with Crippen LogP contribution in [0.5, 0.6) is 0 Å². The monoisotopic (exact) mass is 691 g/mol. The van der Waals surface area contributed by atoms with Crippen LogP contribution in [0, 0.1) is 11.8 Å². The molecule has 1 spiro atoms. The van der Waals surface area contributed by atoms with Crippen LogP contribution in [-0.4, -0.2) is 89.1 Å². The summed E-state index contributed by atoms with van der Waals surface area (Å²) in [5, 5.41) is 11.5. The van der Waals surface area contributed by atoms with Gasteiger partial charge in [-0.2, -0.15) is 0 Å². The zero-order valence-corrected chi connectivity index (χ0v) is 29.1. The normalized spacial score (nSPS) is 30.3. The summed E-state index contributed by atoms with van der Waals surface area (Å²) in [6, 6.07) is 21.6. The standard InChI is InChI=1S/C41H45N3O7/c1-27-36(29-15-5-3-6-16-29)50-40(49)34-32(18-9-10-19-33(46)42(27)2)51-41-22-13-24-43(31-21-20-28-14-7-8-17-30(28)26-31)39(48)37(41)44(38(47)35(34)41)23-11-4-12-25-45/h3,5-9,13-18,20-22,26-27,32,34-37,45H,4,10-12,19,23-25H2,1-2H3/b18-9-/t27-,32-,34+,35+,36+,37-,41+/m0/s1. The minimum atomic E-state index is -1.43. The summed E-state index contributed by atoms with van der Waals surface area (Å²) in [7, 11) is 1.71. The van der Waals surface area contributed by atoms with Crippen molar-refractivity contribution in [1.82, 2.24) is 9.80 Å². The number of fused-ring (bicyclic) bond motifs is 3. The zero-order chi connectivity index (χ0) is 35.7. The summed E-state index contributed by atoms with van der Waals surface area (Å²) in [4.78, 5) is 62.4. The molecular formula is C41H45N3O7. The average molecular weight is 692 g/mol. The number of hydrogen-bond donors (Lipinski definition) is 1. The summed E-state index contributed by atoms with van der Waals surface area (Å²) in [5.41, 5.74) is -0.00269. The average Bonchev–Trinajstić information content (AvgIpc) is 3.53. The summed E-state index contributed by atoms with van der Waals surface area (Å²) in [6.07, 6.45) is 8.10. The summed E-state index contributed by atoms with van der Waals surface area (Å²) in [5.74, 6) is -3.37. The lowest BCUT2D eigenvalue weighted by Crippen LogP contribution is -2.55. The van der Waals surface area contributed by atoms with Gasteiger partial charge >= 0.3 is 5.97 Å². The van der Waals surface area contributed by atoms with Crippen LogP contribution in [0.25, 0.3) is 10.8 Å². The summed E-state index contributed by atoms with van der Waals surface area (Å²) in [6.45, 7) is 2.42. The number of carbonyl (C=O) groups is 4. The van der Waals surface area contributed by atoms with Gasteiger partial charge in [0.1, 0.15) is 23.7 Å². The van der Waals surface area contributed by atoms with Crippen LogP contribution in [0.4, 0.5) is 5.69 Å². The first-order valence-electron chi connectivity index (χ1n) is 18.0. The van der Waals surface area contributed by atoms with E-state index >= 15 is 0 Å². The number of likely N-dealkylation sites (N-methyl/N-ethyl adjacent to an activating group) is 1. The lowest BCUT2D eigenvalue weighted by molar-refractivity contribution is -0.164. The third kappa shape index (κ3) is 6.25. The second-order valence-corrected chi connectivity index (χ2v) is 14.0. The predicted molar refractivity (Wildman–Crippen MR) is 192 cm³/mol. The number of benzene rings is 3. The summed E-state index contributed by atoms with van der Waals surface area (Å²) >= 11 is 0. The van der Waals surface area contributed by atoms with E-state index in [1.54, 1.807) is 27.8 Å². The smallest absolute Gasteiger partial charge is 0.313 e. The van der Waals surface area contributed by atoms with Crippen molar-refractivity contribution in [3.63, 3.8) is 0 Å². The van der Waals surface area contributed by atoms with Crippen molar-refractivity contribution in [2.45, 2.75) is 68.9 Å². The first-order chi connectivity index (χ1) is 24.7. The van der Waals surface area contributed by atoms with Gasteiger partial charge < -0.3 is 29.3 Å². The van der Waals surface area contributed by atoms with Crippen molar-refractivity contribution in [3.05, 3.63) is 103 Å². The second kappa shape index (κ2) is 14.4. The zero-order valence-electron chi connectivity index (χ0n) is 29.1. The van der Waals surface area contributed by atoms with E-state index in [1.807, 2.05) is 97.9 Å². The van der Waals surface area contributed by atoms with E-state index < -0.39 is 47.7 Å². The van der Waals surface area contributed by atoms with E-state index in [1.165, 1.54) is 0 Å². The topological polar surface area (TPSA) is 117 Å². The number of hydrogen-bond acceptors (Lipinski definition) is 7. The van der Waals surface area contributed by atoms with Gasteiger partial charge in [0.05, 0.1) is 18.1 Å². The van der Waals surface area contributed by atoms with Crippen molar-refractivity contribution >= 4 is 40.2 Å². The largest absolute Gasteiger partial charge is 0.455 e. The Morgan fingerprint density at radius 2 is 1.65 bits per heavy atom. The molecule has 0 aliphatic carbocycles. The van der Waals surface area contributed by atoms with E-state index in [9.17, 15) is 24.3 Å². The Hall–Kier alpha value is -4.80. The van der Waals surface area contributed by atoms with Crippen LogP contribution in [0.2, 0.25) is 0 Å². The molecule has 2 saturated heterocycles. The number of ether oxygens (including phenoxy) is 2. The molecule has 0 aromatic heterocycles. The maximum absolute atomic E-state index is 14.9. The number of aliphatic hydroxyl groups is 1.